The number of fused-ring (bicyclic) bond motifs is 5. The Morgan fingerprint density at radius 3 is 1.43 bits per heavy atom. The number of anilines is 3. The van der Waals surface area contributed by atoms with E-state index in [9.17, 15) is 0 Å². The molecule has 2 nitrogen and oxygen atoms in total. The van der Waals surface area contributed by atoms with Crippen molar-refractivity contribution in [2.75, 3.05) is 4.90 Å². The third kappa shape index (κ3) is 5.66. The zero-order chi connectivity index (χ0) is 38.4. The van der Waals surface area contributed by atoms with Crippen LogP contribution in [0.4, 0.5) is 17.1 Å². The van der Waals surface area contributed by atoms with E-state index in [4.69, 9.17) is 0 Å². The van der Waals surface area contributed by atoms with Crippen LogP contribution in [0.15, 0.2) is 231 Å². The molecule has 10 aromatic carbocycles. The van der Waals surface area contributed by atoms with E-state index in [0.717, 1.165) is 28.3 Å². The van der Waals surface area contributed by atoms with Crippen LogP contribution in [0.5, 0.6) is 0 Å². The summed E-state index contributed by atoms with van der Waals surface area (Å²) >= 11 is 0. The standard InChI is InChI=1S/C56H38N2/c1-5-18-39(19-6-1)55-48-29-13-14-30-49(48)56(40-20-7-2-8-21-40)52-37-42(32-34-50(52)55)41-22-17-27-45(36-41)57(43-23-9-3-10-24-43)46-33-35-54-51(38-46)47-28-15-16-31-53(47)58(54)44-25-11-4-12-26-44/h1-38H. The van der Waals surface area contributed by atoms with Gasteiger partial charge in [0, 0.05) is 33.5 Å². The number of para-hydroxylation sites is 3. The summed E-state index contributed by atoms with van der Waals surface area (Å²) in [4.78, 5) is 2.38. The van der Waals surface area contributed by atoms with Crippen molar-refractivity contribution in [3.05, 3.63) is 231 Å². The van der Waals surface area contributed by atoms with Gasteiger partial charge < -0.3 is 9.47 Å². The third-order valence-corrected chi connectivity index (χ3v) is 11.5. The Morgan fingerprint density at radius 2 is 0.741 bits per heavy atom. The second-order valence-corrected chi connectivity index (χ2v) is 14.9. The molecule has 11 rings (SSSR count). The number of hydrogen-bond acceptors (Lipinski definition) is 1. The highest BCUT2D eigenvalue weighted by Crippen LogP contribution is 2.46. The number of aromatic nitrogens is 1. The van der Waals surface area contributed by atoms with Crippen molar-refractivity contribution in [2.45, 2.75) is 0 Å². The molecule has 0 fully saturated rings. The van der Waals surface area contributed by atoms with Crippen molar-refractivity contribution in [3.63, 3.8) is 0 Å². The fraction of sp³-hybridized carbons (Fsp3) is 0. The van der Waals surface area contributed by atoms with Gasteiger partial charge in [0.2, 0.25) is 0 Å². The van der Waals surface area contributed by atoms with Gasteiger partial charge in [-0.25, -0.2) is 0 Å². The molecule has 0 unspecified atom stereocenters. The van der Waals surface area contributed by atoms with Gasteiger partial charge in [-0.1, -0.05) is 164 Å². The average Bonchev–Trinajstić information content (AvgIpc) is 3.63. The van der Waals surface area contributed by atoms with Crippen molar-refractivity contribution in [3.8, 4) is 39.1 Å². The van der Waals surface area contributed by atoms with Crippen LogP contribution >= 0.6 is 0 Å². The average molecular weight is 739 g/mol. The van der Waals surface area contributed by atoms with Crippen molar-refractivity contribution >= 4 is 60.4 Å². The van der Waals surface area contributed by atoms with Gasteiger partial charge >= 0.3 is 0 Å². The van der Waals surface area contributed by atoms with Gasteiger partial charge in [-0.05, 0) is 122 Å². The second-order valence-electron chi connectivity index (χ2n) is 14.9. The number of rotatable bonds is 7. The van der Waals surface area contributed by atoms with Crippen LogP contribution in [-0.2, 0) is 0 Å². The molecule has 0 N–H and O–H groups in total. The Balaban J connectivity index is 1.11. The summed E-state index contributed by atoms with van der Waals surface area (Å²) in [5, 5.41) is 7.46. The van der Waals surface area contributed by atoms with Crippen LogP contribution in [0.2, 0.25) is 0 Å². The van der Waals surface area contributed by atoms with E-state index in [0.29, 0.717) is 0 Å². The van der Waals surface area contributed by atoms with E-state index in [1.54, 1.807) is 0 Å². The molecule has 1 aromatic heterocycles. The maximum Gasteiger partial charge on any atom is 0.0542 e. The van der Waals surface area contributed by atoms with Crippen LogP contribution in [0.1, 0.15) is 0 Å². The molecule has 0 atom stereocenters. The van der Waals surface area contributed by atoms with Gasteiger partial charge in [-0.3, -0.25) is 0 Å². The first-order valence-corrected chi connectivity index (χ1v) is 19.9. The molecule has 58 heavy (non-hydrogen) atoms. The Labute approximate surface area is 338 Å². The minimum absolute atomic E-state index is 1.10. The molecule has 0 aliphatic rings. The highest BCUT2D eigenvalue weighted by atomic mass is 15.1. The maximum absolute atomic E-state index is 2.41. The molecule has 0 saturated heterocycles. The van der Waals surface area contributed by atoms with Gasteiger partial charge in [0.15, 0.2) is 0 Å². The zero-order valence-electron chi connectivity index (χ0n) is 31.8. The van der Waals surface area contributed by atoms with E-state index in [1.165, 1.54) is 71.2 Å². The molecule has 0 aliphatic carbocycles. The van der Waals surface area contributed by atoms with Crippen LogP contribution in [0.25, 0.3) is 82.4 Å². The molecule has 11 aromatic rings. The molecular formula is C56H38N2. The lowest BCUT2D eigenvalue weighted by atomic mass is 9.85. The van der Waals surface area contributed by atoms with Gasteiger partial charge in [0.25, 0.3) is 0 Å². The van der Waals surface area contributed by atoms with E-state index in [1.807, 2.05) is 0 Å². The monoisotopic (exact) mass is 738 g/mol. The summed E-state index contributed by atoms with van der Waals surface area (Å²) in [5.41, 5.74) is 14.2. The number of benzene rings is 10. The molecule has 1 heterocycles. The smallest absolute Gasteiger partial charge is 0.0542 e. The van der Waals surface area contributed by atoms with Gasteiger partial charge in [-0.15, -0.1) is 0 Å². The molecular weight excluding hydrogens is 701 g/mol. The molecule has 0 aliphatic heterocycles. The first-order valence-electron chi connectivity index (χ1n) is 19.9. The highest BCUT2D eigenvalue weighted by molar-refractivity contribution is 6.22. The molecule has 0 saturated carbocycles. The first-order chi connectivity index (χ1) is 28.8. The lowest BCUT2D eigenvalue weighted by Crippen LogP contribution is -2.10. The highest BCUT2D eigenvalue weighted by Gasteiger charge is 2.20. The molecule has 2 heteroatoms. The van der Waals surface area contributed by atoms with Crippen molar-refractivity contribution in [1.82, 2.24) is 4.57 Å². The fourth-order valence-electron chi connectivity index (χ4n) is 8.99. The van der Waals surface area contributed by atoms with Crippen molar-refractivity contribution < 1.29 is 0 Å². The van der Waals surface area contributed by atoms with E-state index in [-0.39, 0.29) is 0 Å². The topological polar surface area (TPSA) is 8.17 Å². The largest absolute Gasteiger partial charge is 0.310 e. The minimum atomic E-state index is 1.10. The predicted octanol–water partition coefficient (Wildman–Crippen LogP) is 15.6. The summed E-state index contributed by atoms with van der Waals surface area (Å²) < 4.78 is 2.37. The van der Waals surface area contributed by atoms with Gasteiger partial charge in [-0.2, -0.15) is 0 Å². The van der Waals surface area contributed by atoms with Gasteiger partial charge in [0.05, 0.1) is 11.0 Å². The summed E-state index contributed by atoms with van der Waals surface area (Å²) in [7, 11) is 0. The van der Waals surface area contributed by atoms with Crippen molar-refractivity contribution in [2.24, 2.45) is 0 Å². The Bertz CT molecular complexity index is 3260. The molecule has 0 spiro atoms. The molecule has 0 amide bonds. The maximum atomic E-state index is 2.41. The number of nitrogens with zero attached hydrogens (tertiary/aromatic N) is 2. The van der Waals surface area contributed by atoms with E-state index < -0.39 is 0 Å². The molecule has 272 valence electrons. The van der Waals surface area contributed by atoms with Gasteiger partial charge in [0.1, 0.15) is 0 Å². The fourth-order valence-corrected chi connectivity index (χ4v) is 8.99. The SMILES string of the molecule is c1ccc(-c2c3ccccc3c(-c3ccccc3)c3cc(-c4cccc(N(c5ccccc5)c5ccc6c(c5)c5ccccc5n6-c5ccccc5)c4)ccc23)cc1. The second kappa shape index (κ2) is 14.1. The summed E-state index contributed by atoms with van der Waals surface area (Å²) in [6.07, 6.45) is 0. The van der Waals surface area contributed by atoms with Crippen LogP contribution in [0.3, 0.4) is 0 Å². The van der Waals surface area contributed by atoms with Crippen molar-refractivity contribution in [1.29, 1.82) is 0 Å². The van der Waals surface area contributed by atoms with Crippen LogP contribution in [-0.4, -0.2) is 4.57 Å². The van der Waals surface area contributed by atoms with E-state index >= 15 is 0 Å². The predicted molar refractivity (Wildman–Crippen MR) is 247 cm³/mol. The summed E-state index contributed by atoms with van der Waals surface area (Å²) in [5.74, 6) is 0. The Hall–Kier alpha value is -7.68. The molecule has 0 bridgehead atoms. The van der Waals surface area contributed by atoms with Crippen LogP contribution < -0.4 is 4.90 Å². The third-order valence-electron chi connectivity index (χ3n) is 11.5. The Morgan fingerprint density at radius 1 is 0.259 bits per heavy atom. The first kappa shape index (κ1) is 33.6. The Kier molecular flexibility index (Phi) is 8.19. The lowest BCUT2D eigenvalue weighted by Gasteiger charge is -2.26. The zero-order valence-corrected chi connectivity index (χ0v) is 31.8. The van der Waals surface area contributed by atoms with Crippen LogP contribution in [0, 0.1) is 0 Å². The minimum Gasteiger partial charge on any atom is -0.310 e. The number of hydrogen-bond donors (Lipinski definition) is 0. The summed E-state index contributed by atoms with van der Waals surface area (Å²) in [6.45, 7) is 0. The lowest BCUT2D eigenvalue weighted by molar-refractivity contribution is 1.18. The van der Waals surface area contributed by atoms with E-state index in [2.05, 4.69) is 240 Å². The normalized spacial score (nSPS) is 11.4. The quantitative estimate of drug-likeness (QED) is 0.148. The molecule has 0 radical (unpaired) electrons. The summed E-state index contributed by atoms with van der Waals surface area (Å²) in [6, 6.07) is 83.6.